The van der Waals surface area contributed by atoms with Crippen LogP contribution in [0.15, 0.2) is 179 Å². The zero-order valence-corrected chi connectivity index (χ0v) is 25.4. The number of fused-ring (bicyclic) bond motifs is 7. The lowest BCUT2D eigenvalue weighted by molar-refractivity contribution is 0.611. The molecule has 0 aliphatic carbocycles. The molecule has 0 atom stereocenters. The van der Waals surface area contributed by atoms with E-state index in [0.29, 0.717) is 39.2 Å². The minimum absolute atomic E-state index is 0.177. The predicted octanol–water partition coefficient (Wildman–Crippen LogP) is 13.3. The molecule has 0 N–H and O–H groups in total. The lowest BCUT2D eigenvalue weighted by atomic mass is 9.85. The van der Waals surface area contributed by atoms with Crippen LogP contribution in [0.25, 0.3) is 99.2 Å². The summed E-state index contributed by atoms with van der Waals surface area (Å²) >= 11 is 0. The number of furan rings is 2. The fraction of sp³-hybridized carbons (Fsp3) is 0. The van der Waals surface area contributed by atoms with E-state index in [0.717, 1.165) is 38.4 Å². The normalized spacial score (nSPS) is 14.1. The average Bonchev–Trinajstić information content (AvgIpc) is 3.85. The molecule has 10 rings (SSSR count). The van der Waals surface area contributed by atoms with Gasteiger partial charge in [0.25, 0.3) is 0 Å². The van der Waals surface area contributed by atoms with E-state index in [1.807, 2.05) is 91.0 Å². The Hall–Kier alpha value is -6.38. The first kappa shape index (κ1) is 20.0. The lowest BCUT2D eigenvalue weighted by Gasteiger charge is -2.18. The predicted molar refractivity (Wildman–Crippen MR) is 200 cm³/mol. The SMILES string of the molecule is [2H]c1c([2H])c([2H])c2c(-c3ccc(-c4cc5c6ccccc6oc5c5oc(-c6ccccc6)cc45)cc3)c3c([2H])c([2H])c([2H])c([2H])c3c(-c3ccccc3)c2c1[2H]. The van der Waals surface area contributed by atoms with Crippen molar-refractivity contribution in [2.75, 3.05) is 0 Å². The molecule has 224 valence electrons. The molecular formula is C46H28O2. The summed E-state index contributed by atoms with van der Waals surface area (Å²) < 4.78 is 84.5. The Morgan fingerprint density at radius 3 is 1.50 bits per heavy atom. The first-order valence-corrected chi connectivity index (χ1v) is 15.7. The fourth-order valence-electron chi connectivity index (χ4n) is 6.97. The van der Waals surface area contributed by atoms with Crippen LogP contribution in [0.3, 0.4) is 0 Å². The van der Waals surface area contributed by atoms with Crippen LogP contribution in [0.4, 0.5) is 0 Å². The second kappa shape index (κ2) is 10.6. The number of rotatable bonds is 4. The summed E-state index contributed by atoms with van der Waals surface area (Å²) in [5.41, 5.74) is 6.35. The number of hydrogen-bond donors (Lipinski definition) is 0. The molecule has 2 heteroatoms. The Kier molecular flexibility index (Phi) is 4.41. The van der Waals surface area contributed by atoms with Gasteiger partial charge in [-0.1, -0.05) is 151 Å². The van der Waals surface area contributed by atoms with Crippen molar-refractivity contribution in [1.82, 2.24) is 0 Å². The molecule has 0 bridgehead atoms. The van der Waals surface area contributed by atoms with Crippen LogP contribution in [0.5, 0.6) is 0 Å². The monoisotopic (exact) mass is 620 g/mol. The van der Waals surface area contributed by atoms with Crippen molar-refractivity contribution in [2.45, 2.75) is 0 Å². The second-order valence-corrected chi connectivity index (χ2v) is 11.8. The molecule has 10 aromatic rings. The van der Waals surface area contributed by atoms with Gasteiger partial charge < -0.3 is 8.83 Å². The Balaban J connectivity index is 1.29. The molecule has 0 amide bonds. The Morgan fingerprint density at radius 2 is 0.875 bits per heavy atom. The van der Waals surface area contributed by atoms with Crippen LogP contribution < -0.4 is 0 Å². The molecule has 0 saturated heterocycles. The van der Waals surface area contributed by atoms with Crippen LogP contribution >= 0.6 is 0 Å². The van der Waals surface area contributed by atoms with Gasteiger partial charge in [0, 0.05) is 21.7 Å². The fourth-order valence-corrected chi connectivity index (χ4v) is 6.97. The summed E-state index contributed by atoms with van der Waals surface area (Å²) in [6, 6.07) is 35.4. The highest BCUT2D eigenvalue weighted by Crippen LogP contribution is 2.46. The average molecular weight is 621 g/mol. The van der Waals surface area contributed by atoms with E-state index < -0.39 is 24.2 Å². The highest BCUT2D eigenvalue weighted by molar-refractivity contribution is 6.22. The highest BCUT2D eigenvalue weighted by Gasteiger charge is 2.21. The van der Waals surface area contributed by atoms with E-state index in [9.17, 15) is 2.74 Å². The van der Waals surface area contributed by atoms with Crippen LogP contribution in [0.1, 0.15) is 11.0 Å². The number of hydrogen-bond acceptors (Lipinski definition) is 2. The van der Waals surface area contributed by atoms with Crippen LogP contribution in [-0.4, -0.2) is 0 Å². The van der Waals surface area contributed by atoms with Gasteiger partial charge in [-0.15, -0.1) is 0 Å². The summed E-state index contributed by atoms with van der Waals surface area (Å²) in [4.78, 5) is 0. The third-order valence-corrected chi connectivity index (χ3v) is 9.13. The second-order valence-electron chi connectivity index (χ2n) is 11.8. The van der Waals surface area contributed by atoms with Gasteiger partial charge >= 0.3 is 0 Å². The van der Waals surface area contributed by atoms with Gasteiger partial charge in [-0.05, 0) is 73.1 Å². The van der Waals surface area contributed by atoms with Gasteiger partial charge in [0.1, 0.15) is 11.3 Å². The quantitative estimate of drug-likeness (QED) is 0.183. The van der Waals surface area contributed by atoms with Crippen molar-refractivity contribution >= 4 is 54.5 Å². The van der Waals surface area contributed by atoms with Crippen molar-refractivity contribution in [3.63, 3.8) is 0 Å². The summed E-state index contributed by atoms with van der Waals surface area (Å²) in [6.45, 7) is 0. The van der Waals surface area contributed by atoms with Crippen LogP contribution in [-0.2, 0) is 0 Å². The third-order valence-electron chi connectivity index (χ3n) is 9.13. The molecule has 8 aromatic carbocycles. The first-order valence-electron chi connectivity index (χ1n) is 19.7. The van der Waals surface area contributed by atoms with E-state index in [4.69, 9.17) is 17.1 Å². The van der Waals surface area contributed by atoms with Crippen molar-refractivity contribution in [1.29, 1.82) is 0 Å². The first-order chi connectivity index (χ1) is 27.1. The lowest BCUT2D eigenvalue weighted by Crippen LogP contribution is -1.90. The Morgan fingerprint density at radius 1 is 0.375 bits per heavy atom. The Labute approximate surface area is 288 Å². The van der Waals surface area contributed by atoms with Gasteiger partial charge in [-0.25, -0.2) is 0 Å². The van der Waals surface area contributed by atoms with Crippen molar-refractivity contribution in [3.05, 3.63) is 170 Å². The summed E-state index contributed by atoms with van der Waals surface area (Å²) in [5, 5.41) is 3.40. The van der Waals surface area contributed by atoms with E-state index in [2.05, 4.69) is 6.07 Å². The summed E-state index contributed by atoms with van der Waals surface area (Å²) in [6.07, 6.45) is 0. The number of benzene rings is 8. The molecule has 0 radical (unpaired) electrons. The maximum Gasteiger partial charge on any atom is 0.178 e. The highest BCUT2D eigenvalue weighted by atomic mass is 16.4. The van der Waals surface area contributed by atoms with Crippen molar-refractivity contribution < 1.29 is 19.8 Å². The standard InChI is InChI=1S/C46H28O2/c1-3-13-30(14-4-1)42-28-40-38(27-39-33-17-11-12-22-41(33)47-45(39)46(40)48-42)29-23-25-32(26-24-29)44-36-20-9-7-18-34(36)43(31-15-5-2-6-16-31)35-19-8-10-21-37(35)44/h1-28H/i7D,8D,9D,10D,18D,19D,20D,21D. The van der Waals surface area contributed by atoms with Gasteiger partial charge in [0.05, 0.1) is 11.0 Å². The summed E-state index contributed by atoms with van der Waals surface area (Å²) in [5.74, 6) is 0.686. The molecule has 0 saturated carbocycles. The van der Waals surface area contributed by atoms with Crippen molar-refractivity contribution in [2.24, 2.45) is 0 Å². The maximum absolute atomic E-state index is 9.24. The molecule has 0 fully saturated rings. The molecule has 0 aliphatic heterocycles. The zero-order valence-electron chi connectivity index (χ0n) is 33.4. The van der Waals surface area contributed by atoms with Crippen LogP contribution in [0.2, 0.25) is 0 Å². The third kappa shape index (κ3) is 4.06. The smallest absolute Gasteiger partial charge is 0.178 e. The zero-order chi connectivity index (χ0) is 38.6. The molecular weight excluding hydrogens is 585 g/mol. The van der Waals surface area contributed by atoms with Gasteiger partial charge in [-0.3, -0.25) is 0 Å². The van der Waals surface area contributed by atoms with Crippen LogP contribution in [0, 0.1) is 0 Å². The molecule has 2 nitrogen and oxygen atoms in total. The van der Waals surface area contributed by atoms with Gasteiger partial charge in [-0.2, -0.15) is 0 Å². The van der Waals surface area contributed by atoms with Gasteiger partial charge in [0.15, 0.2) is 11.2 Å². The largest absolute Gasteiger partial charge is 0.452 e. The van der Waals surface area contributed by atoms with E-state index in [-0.39, 0.29) is 45.7 Å². The minimum atomic E-state index is -0.434. The van der Waals surface area contributed by atoms with E-state index in [1.165, 1.54) is 0 Å². The van der Waals surface area contributed by atoms with Crippen molar-refractivity contribution in [3.8, 4) is 44.7 Å². The molecule has 0 aliphatic rings. The molecule has 2 aromatic heterocycles. The molecule has 0 unspecified atom stereocenters. The molecule has 48 heavy (non-hydrogen) atoms. The maximum atomic E-state index is 9.24. The summed E-state index contributed by atoms with van der Waals surface area (Å²) in [7, 11) is 0. The van der Waals surface area contributed by atoms with Gasteiger partial charge in [0.2, 0.25) is 0 Å². The minimum Gasteiger partial charge on any atom is -0.452 e. The molecule has 0 spiro atoms. The van der Waals surface area contributed by atoms with E-state index >= 15 is 0 Å². The Bertz CT molecular complexity index is 3180. The van der Waals surface area contributed by atoms with E-state index in [1.54, 1.807) is 24.3 Å². The molecule has 2 heterocycles. The number of para-hydroxylation sites is 1. The topological polar surface area (TPSA) is 26.3 Å².